The third kappa shape index (κ3) is 4.61. The monoisotopic (exact) mass is 306 g/mol. The number of carboxylic acids is 1. The number of rotatable bonds is 5. The van der Waals surface area contributed by atoms with E-state index in [0.717, 1.165) is 11.6 Å². The zero-order valence-electron chi connectivity index (χ0n) is 10.9. The molecule has 0 aromatic heterocycles. The van der Waals surface area contributed by atoms with Gasteiger partial charge in [0.2, 0.25) is 0 Å². The number of hydrogen-bond acceptors (Lipinski definition) is 2. The summed E-state index contributed by atoms with van der Waals surface area (Å²) in [6, 6.07) is 11.0. The van der Waals surface area contributed by atoms with Crippen LogP contribution in [0.1, 0.15) is 11.1 Å². The molecule has 0 fully saturated rings. The van der Waals surface area contributed by atoms with Crippen LogP contribution in [-0.4, -0.2) is 11.1 Å². The summed E-state index contributed by atoms with van der Waals surface area (Å²) < 4.78 is 18.3. The fourth-order valence-electron chi connectivity index (χ4n) is 1.65. The van der Waals surface area contributed by atoms with E-state index in [9.17, 15) is 9.18 Å². The summed E-state index contributed by atoms with van der Waals surface area (Å²) in [6.07, 6.45) is 2.47. The highest BCUT2D eigenvalue weighted by molar-refractivity contribution is 6.32. The summed E-state index contributed by atoms with van der Waals surface area (Å²) in [5.41, 5.74) is 1.49. The van der Waals surface area contributed by atoms with Gasteiger partial charge in [0.15, 0.2) is 0 Å². The van der Waals surface area contributed by atoms with E-state index in [0.29, 0.717) is 16.3 Å². The van der Waals surface area contributed by atoms with E-state index in [1.807, 2.05) is 0 Å². The molecule has 2 rings (SSSR count). The fraction of sp³-hybridized carbons (Fsp3) is 0.0625. The third-order valence-corrected chi connectivity index (χ3v) is 2.98. The summed E-state index contributed by atoms with van der Waals surface area (Å²) in [5, 5.41) is 8.94. The van der Waals surface area contributed by atoms with E-state index in [4.69, 9.17) is 21.4 Å². The summed E-state index contributed by atoms with van der Waals surface area (Å²) in [6.45, 7) is 0.268. The van der Waals surface area contributed by atoms with Gasteiger partial charge >= 0.3 is 5.97 Å². The molecule has 0 saturated heterocycles. The number of carboxylic acid groups (broad SMARTS) is 1. The van der Waals surface area contributed by atoms with Crippen molar-refractivity contribution in [3.05, 3.63) is 70.5 Å². The fourth-order valence-corrected chi connectivity index (χ4v) is 1.89. The Hall–Kier alpha value is -2.33. The van der Waals surface area contributed by atoms with Gasteiger partial charge in [-0.2, -0.15) is 0 Å². The average Bonchev–Trinajstić information content (AvgIpc) is 2.46. The van der Waals surface area contributed by atoms with Crippen LogP contribution in [-0.2, 0) is 11.4 Å². The maximum absolute atomic E-state index is 12.8. The largest absolute Gasteiger partial charge is 0.487 e. The Morgan fingerprint density at radius 3 is 2.57 bits per heavy atom. The molecule has 0 aliphatic carbocycles. The molecule has 21 heavy (non-hydrogen) atoms. The third-order valence-electron chi connectivity index (χ3n) is 2.68. The number of hydrogen-bond donors (Lipinski definition) is 1. The van der Waals surface area contributed by atoms with Gasteiger partial charge in [-0.3, -0.25) is 0 Å². The van der Waals surface area contributed by atoms with Gasteiger partial charge in [0.25, 0.3) is 0 Å². The van der Waals surface area contributed by atoms with Crippen molar-refractivity contribution < 1.29 is 19.0 Å². The Morgan fingerprint density at radius 2 is 1.95 bits per heavy atom. The molecule has 0 saturated carbocycles. The van der Waals surface area contributed by atoms with Crippen molar-refractivity contribution >= 4 is 23.6 Å². The molecule has 0 aliphatic heterocycles. The Balaban J connectivity index is 2.04. The molecule has 1 N–H and O–H groups in total. The Labute approximate surface area is 126 Å². The van der Waals surface area contributed by atoms with Crippen molar-refractivity contribution in [1.29, 1.82) is 0 Å². The minimum absolute atomic E-state index is 0.268. The van der Waals surface area contributed by atoms with Gasteiger partial charge in [-0.25, -0.2) is 9.18 Å². The molecular formula is C16H12ClFO3. The predicted octanol–water partition coefficient (Wildman–Crippen LogP) is 4.16. The smallest absolute Gasteiger partial charge is 0.328 e. The maximum atomic E-state index is 12.8. The van der Waals surface area contributed by atoms with Crippen LogP contribution in [0.4, 0.5) is 4.39 Å². The number of ether oxygens (including phenoxy) is 1. The minimum atomic E-state index is -1.03. The summed E-state index contributed by atoms with van der Waals surface area (Å²) in [7, 11) is 0. The van der Waals surface area contributed by atoms with Crippen LogP contribution in [0.5, 0.6) is 5.75 Å². The molecule has 2 aromatic carbocycles. The number of carbonyl (C=O) groups is 1. The standard InChI is InChI=1S/C16H12ClFO3/c17-14-9-11(4-8-16(19)20)3-7-15(14)21-10-12-1-5-13(18)6-2-12/h1-9H,10H2,(H,19,20). The van der Waals surface area contributed by atoms with E-state index in [1.165, 1.54) is 18.2 Å². The average molecular weight is 307 g/mol. The van der Waals surface area contributed by atoms with Gasteiger partial charge in [-0.05, 0) is 41.5 Å². The molecule has 0 aliphatic rings. The molecule has 0 heterocycles. The van der Waals surface area contributed by atoms with E-state index in [-0.39, 0.29) is 12.4 Å². The lowest BCUT2D eigenvalue weighted by molar-refractivity contribution is -0.131. The summed E-state index contributed by atoms with van der Waals surface area (Å²) in [4.78, 5) is 10.4. The highest BCUT2D eigenvalue weighted by Gasteiger charge is 2.03. The van der Waals surface area contributed by atoms with Crippen LogP contribution in [0.2, 0.25) is 5.02 Å². The lowest BCUT2D eigenvalue weighted by Gasteiger charge is -2.08. The highest BCUT2D eigenvalue weighted by atomic mass is 35.5. The quantitative estimate of drug-likeness (QED) is 0.844. The predicted molar refractivity (Wildman–Crippen MR) is 78.9 cm³/mol. The SMILES string of the molecule is O=C(O)C=Cc1ccc(OCc2ccc(F)cc2)c(Cl)c1. The highest BCUT2D eigenvalue weighted by Crippen LogP contribution is 2.26. The van der Waals surface area contributed by atoms with E-state index < -0.39 is 5.97 Å². The summed E-state index contributed by atoms with van der Waals surface area (Å²) >= 11 is 6.07. The van der Waals surface area contributed by atoms with Crippen LogP contribution >= 0.6 is 11.6 Å². The molecule has 2 aromatic rings. The topological polar surface area (TPSA) is 46.5 Å². The lowest BCUT2D eigenvalue weighted by atomic mass is 10.2. The number of benzene rings is 2. The molecule has 3 nitrogen and oxygen atoms in total. The molecular weight excluding hydrogens is 295 g/mol. The van der Waals surface area contributed by atoms with E-state index in [2.05, 4.69) is 0 Å². The van der Waals surface area contributed by atoms with Crippen LogP contribution in [0.25, 0.3) is 6.08 Å². The maximum Gasteiger partial charge on any atom is 0.328 e. The second kappa shape index (κ2) is 6.90. The van der Waals surface area contributed by atoms with Crippen LogP contribution in [0, 0.1) is 5.82 Å². The molecule has 0 bridgehead atoms. The van der Waals surface area contributed by atoms with Crippen molar-refractivity contribution in [1.82, 2.24) is 0 Å². The van der Waals surface area contributed by atoms with Crippen LogP contribution in [0.15, 0.2) is 48.5 Å². The second-order valence-corrected chi connectivity index (χ2v) is 4.68. The molecule has 0 atom stereocenters. The normalized spacial score (nSPS) is 10.8. The first-order valence-corrected chi connectivity index (χ1v) is 6.50. The Kier molecular flexibility index (Phi) is 4.95. The molecule has 0 radical (unpaired) electrons. The first-order chi connectivity index (χ1) is 10.0. The van der Waals surface area contributed by atoms with Crippen molar-refractivity contribution in [2.24, 2.45) is 0 Å². The molecule has 0 unspecified atom stereocenters. The van der Waals surface area contributed by atoms with E-state index >= 15 is 0 Å². The molecule has 5 heteroatoms. The van der Waals surface area contributed by atoms with E-state index in [1.54, 1.807) is 30.3 Å². The first kappa shape index (κ1) is 15.1. The van der Waals surface area contributed by atoms with Crippen molar-refractivity contribution in [3.63, 3.8) is 0 Å². The van der Waals surface area contributed by atoms with Gasteiger partial charge < -0.3 is 9.84 Å². The summed E-state index contributed by atoms with van der Waals surface area (Å²) in [5.74, 6) is -0.845. The lowest BCUT2D eigenvalue weighted by Crippen LogP contribution is -1.96. The van der Waals surface area contributed by atoms with Crippen molar-refractivity contribution in [2.45, 2.75) is 6.61 Å². The van der Waals surface area contributed by atoms with Gasteiger partial charge in [-0.1, -0.05) is 29.8 Å². The molecule has 108 valence electrons. The van der Waals surface area contributed by atoms with Gasteiger partial charge in [0, 0.05) is 6.08 Å². The zero-order valence-corrected chi connectivity index (χ0v) is 11.7. The van der Waals surface area contributed by atoms with Gasteiger partial charge in [0.05, 0.1) is 5.02 Å². The number of halogens is 2. The Morgan fingerprint density at radius 1 is 1.24 bits per heavy atom. The minimum Gasteiger partial charge on any atom is -0.487 e. The van der Waals surface area contributed by atoms with Crippen molar-refractivity contribution in [2.75, 3.05) is 0 Å². The van der Waals surface area contributed by atoms with Gasteiger partial charge in [0.1, 0.15) is 18.2 Å². The number of aliphatic carboxylic acids is 1. The van der Waals surface area contributed by atoms with Crippen molar-refractivity contribution in [3.8, 4) is 5.75 Å². The second-order valence-electron chi connectivity index (χ2n) is 4.28. The zero-order chi connectivity index (χ0) is 15.2. The molecule has 0 amide bonds. The first-order valence-electron chi connectivity index (χ1n) is 6.12. The van der Waals surface area contributed by atoms with Gasteiger partial charge in [-0.15, -0.1) is 0 Å². The van der Waals surface area contributed by atoms with Crippen LogP contribution in [0.3, 0.4) is 0 Å². The molecule has 0 spiro atoms. The Bertz CT molecular complexity index is 666. The van der Waals surface area contributed by atoms with Crippen LogP contribution < -0.4 is 4.74 Å².